The Bertz CT molecular complexity index is 325. The van der Waals surface area contributed by atoms with Crippen LogP contribution in [0.4, 0.5) is 0 Å². The van der Waals surface area contributed by atoms with Crippen LogP contribution < -0.4 is 0 Å². The summed E-state index contributed by atoms with van der Waals surface area (Å²) in [6, 6.07) is 0. The molecule has 0 spiro atoms. The van der Waals surface area contributed by atoms with Gasteiger partial charge in [-0.2, -0.15) is 0 Å². The van der Waals surface area contributed by atoms with E-state index >= 15 is 0 Å². The van der Waals surface area contributed by atoms with E-state index < -0.39 is 0 Å². The highest BCUT2D eigenvalue weighted by atomic mass is 32.2. The number of nitrogens with zero attached hydrogens (tertiary/aromatic N) is 2. The van der Waals surface area contributed by atoms with E-state index in [1.165, 1.54) is 10.6 Å². The first-order valence-electron chi connectivity index (χ1n) is 3.58. The van der Waals surface area contributed by atoms with Crippen LogP contribution in [-0.2, 0) is 6.54 Å². The van der Waals surface area contributed by atoms with E-state index in [1.54, 1.807) is 11.8 Å². The molecule has 1 aromatic rings. The van der Waals surface area contributed by atoms with Crippen molar-refractivity contribution in [2.75, 3.05) is 0 Å². The number of thioether (sulfide) groups is 1. The third-order valence-corrected chi connectivity index (χ3v) is 2.90. The van der Waals surface area contributed by atoms with Gasteiger partial charge in [0.05, 0.1) is 12.2 Å². The maximum Gasteiger partial charge on any atom is 0.173 e. The number of hydrogen-bond donors (Lipinski definition) is 0. The normalized spacial score (nSPS) is 15.6. The molecule has 0 radical (unpaired) electrons. The highest BCUT2D eigenvalue weighted by Gasteiger charge is 2.19. The van der Waals surface area contributed by atoms with Crippen LogP contribution in [0.2, 0.25) is 0 Å². The minimum absolute atomic E-state index is 0.937. The van der Waals surface area contributed by atoms with Crippen molar-refractivity contribution >= 4 is 11.8 Å². The minimum atomic E-state index is 0.937. The van der Waals surface area contributed by atoms with Crippen LogP contribution in [0.15, 0.2) is 16.6 Å². The minimum Gasteiger partial charge on any atom is -0.318 e. The van der Waals surface area contributed by atoms with Gasteiger partial charge in [0.1, 0.15) is 0 Å². The van der Waals surface area contributed by atoms with Gasteiger partial charge in [-0.3, -0.25) is 0 Å². The number of fused-ring (bicyclic) bond motifs is 1. The fourth-order valence-electron chi connectivity index (χ4n) is 1.23. The molecule has 0 atom stereocenters. The Labute approximate surface area is 70.3 Å². The van der Waals surface area contributed by atoms with Crippen LogP contribution in [-0.4, -0.2) is 9.55 Å². The van der Waals surface area contributed by atoms with Crippen LogP contribution in [0.1, 0.15) is 11.4 Å². The smallest absolute Gasteiger partial charge is 0.173 e. The maximum absolute atomic E-state index is 4.41. The van der Waals surface area contributed by atoms with E-state index in [4.69, 9.17) is 0 Å². The molecule has 2 heterocycles. The zero-order valence-electron chi connectivity index (χ0n) is 6.72. The molecule has 0 saturated heterocycles. The molecule has 0 bridgehead atoms. The van der Waals surface area contributed by atoms with Gasteiger partial charge in [0.2, 0.25) is 0 Å². The van der Waals surface area contributed by atoms with Crippen molar-refractivity contribution in [2.24, 2.45) is 0 Å². The summed E-state index contributed by atoms with van der Waals surface area (Å²) in [6.07, 6.45) is 0. The Morgan fingerprint density at radius 1 is 1.55 bits per heavy atom. The van der Waals surface area contributed by atoms with Crippen molar-refractivity contribution in [3.8, 4) is 0 Å². The van der Waals surface area contributed by atoms with E-state index in [9.17, 15) is 0 Å². The molecular weight excluding hydrogens is 156 g/mol. The van der Waals surface area contributed by atoms with Gasteiger partial charge >= 0.3 is 0 Å². The Balaban J connectivity index is 2.56. The standard InChI is InChI=1S/C8H10N2S/c1-5-4-10-7(3)6(2)9-8(10)11-5/h1,4H2,2-3H3. The second-order valence-corrected chi connectivity index (χ2v) is 3.94. The lowest BCUT2D eigenvalue weighted by Crippen LogP contribution is -1.94. The van der Waals surface area contributed by atoms with E-state index in [0.717, 1.165) is 17.4 Å². The van der Waals surface area contributed by atoms with Gasteiger partial charge < -0.3 is 4.57 Å². The first-order chi connectivity index (χ1) is 5.18. The van der Waals surface area contributed by atoms with E-state index in [0.29, 0.717) is 0 Å². The third kappa shape index (κ3) is 0.913. The predicted molar refractivity (Wildman–Crippen MR) is 46.7 cm³/mol. The number of imidazole rings is 1. The first kappa shape index (κ1) is 6.98. The fraction of sp³-hybridized carbons (Fsp3) is 0.375. The monoisotopic (exact) mass is 166 g/mol. The number of rotatable bonds is 0. The second-order valence-electron chi connectivity index (χ2n) is 2.79. The fourth-order valence-corrected chi connectivity index (χ4v) is 2.17. The molecule has 3 heteroatoms. The Morgan fingerprint density at radius 2 is 2.27 bits per heavy atom. The molecule has 1 aliphatic heterocycles. The molecule has 11 heavy (non-hydrogen) atoms. The number of aromatic nitrogens is 2. The summed E-state index contributed by atoms with van der Waals surface area (Å²) in [5.74, 6) is 0. The summed E-state index contributed by atoms with van der Waals surface area (Å²) in [7, 11) is 0. The zero-order chi connectivity index (χ0) is 8.01. The molecule has 1 aromatic heterocycles. The lowest BCUT2D eigenvalue weighted by Gasteiger charge is -1.97. The second kappa shape index (κ2) is 2.14. The van der Waals surface area contributed by atoms with Crippen LogP contribution in [0.5, 0.6) is 0 Å². The van der Waals surface area contributed by atoms with E-state index in [1.807, 2.05) is 6.92 Å². The largest absolute Gasteiger partial charge is 0.318 e. The molecular formula is C8H10N2S. The zero-order valence-corrected chi connectivity index (χ0v) is 7.53. The topological polar surface area (TPSA) is 17.8 Å². The van der Waals surface area contributed by atoms with Gasteiger partial charge in [0.15, 0.2) is 5.16 Å². The van der Waals surface area contributed by atoms with Crippen LogP contribution >= 0.6 is 11.8 Å². The molecule has 2 nitrogen and oxygen atoms in total. The van der Waals surface area contributed by atoms with Crippen molar-refractivity contribution in [1.29, 1.82) is 0 Å². The number of hydrogen-bond acceptors (Lipinski definition) is 2. The molecule has 0 aliphatic carbocycles. The number of aryl methyl sites for hydroxylation is 1. The average molecular weight is 166 g/mol. The summed E-state index contributed by atoms with van der Waals surface area (Å²) >= 11 is 1.68. The van der Waals surface area contributed by atoms with Gasteiger partial charge in [-0.15, -0.1) is 0 Å². The summed E-state index contributed by atoms with van der Waals surface area (Å²) in [6.45, 7) is 9.00. The lowest BCUT2D eigenvalue weighted by molar-refractivity contribution is 0.722. The average Bonchev–Trinajstić information content (AvgIpc) is 2.37. The quantitative estimate of drug-likeness (QED) is 0.587. The molecule has 0 saturated carbocycles. The molecule has 2 rings (SSSR count). The molecule has 0 amide bonds. The first-order valence-corrected chi connectivity index (χ1v) is 4.39. The Morgan fingerprint density at radius 3 is 2.91 bits per heavy atom. The third-order valence-electron chi connectivity index (χ3n) is 1.99. The van der Waals surface area contributed by atoms with Gasteiger partial charge in [-0.05, 0) is 13.8 Å². The van der Waals surface area contributed by atoms with E-state index in [2.05, 4.69) is 23.1 Å². The summed E-state index contributed by atoms with van der Waals surface area (Å²) < 4.78 is 2.21. The van der Waals surface area contributed by atoms with Crippen LogP contribution in [0.3, 0.4) is 0 Å². The Hall–Kier alpha value is -0.700. The highest BCUT2D eigenvalue weighted by molar-refractivity contribution is 8.03. The summed E-state index contributed by atoms with van der Waals surface area (Å²) in [5.41, 5.74) is 2.41. The number of allylic oxidation sites excluding steroid dienone is 1. The van der Waals surface area contributed by atoms with Gasteiger partial charge in [-0.1, -0.05) is 18.3 Å². The molecule has 0 N–H and O–H groups in total. The molecule has 1 aliphatic rings. The molecule has 0 fully saturated rings. The van der Waals surface area contributed by atoms with Gasteiger partial charge in [0.25, 0.3) is 0 Å². The lowest BCUT2D eigenvalue weighted by atomic mass is 10.4. The van der Waals surface area contributed by atoms with Crippen LogP contribution in [0.25, 0.3) is 0 Å². The maximum atomic E-state index is 4.41. The van der Waals surface area contributed by atoms with Crippen LogP contribution in [0, 0.1) is 13.8 Å². The summed E-state index contributed by atoms with van der Waals surface area (Å²) in [4.78, 5) is 5.60. The van der Waals surface area contributed by atoms with Crippen molar-refractivity contribution in [2.45, 2.75) is 25.5 Å². The summed E-state index contributed by atoms with van der Waals surface area (Å²) in [5, 5.41) is 1.10. The van der Waals surface area contributed by atoms with Crippen molar-refractivity contribution in [3.05, 3.63) is 22.9 Å². The van der Waals surface area contributed by atoms with E-state index in [-0.39, 0.29) is 0 Å². The molecule has 0 unspecified atom stereocenters. The Kier molecular flexibility index (Phi) is 1.36. The highest BCUT2D eigenvalue weighted by Crippen LogP contribution is 2.34. The molecule has 0 aromatic carbocycles. The SMILES string of the molecule is C=C1Cn2c(nc(C)c2C)S1. The van der Waals surface area contributed by atoms with Gasteiger partial charge in [-0.25, -0.2) is 4.98 Å². The predicted octanol–water partition coefficient (Wildman–Crippen LogP) is 2.12. The van der Waals surface area contributed by atoms with Crippen molar-refractivity contribution < 1.29 is 0 Å². The molecule has 58 valence electrons. The van der Waals surface area contributed by atoms with Gasteiger partial charge in [0, 0.05) is 10.6 Å². The van der Waals surface area contributed by atoms with Crippen molar-refractivity contribution in [3.63, 3.8) is 0 Å². The van der Waals surface area contributed by atoms with Crippen molar-refractivity contribution in [1.82, 2.24) is 9.55 Å².